The second kappa shape index (κ2) is 7.38. The lowest BCUT2D eigenvalue weighted by molar-refractivity contribution is 0.413. The van der Waals surface area contributed by atoms with E-state index in [4.69, 9.17) is 21.1 Å². The molecule has 2 aromatic carbocycles. The Hall–Kier alpha value is -0.910. The van der Waals surface area contributed by atoms with Crippen molar-refractivity contribution in [1.82, 2.24) is 0 Å². The van der Waals surface area contributed by atoms with E-state index in [1.54, 1.807) is 20.3 Å². The van der Waals surface area contributed by atoms with Crippen LogP contribution in [0.3, 0.4) is 0 Å². The Balaban J connectivity index is 2.24. The van der Waals surface area contributed by atoms with Gasteiger partial charge in [0.15, 0.2) is 5.75 Å². The predicted octanol–water partition coefficient (Wildman–Crippen LogP) is 5.49. The molecule has 2 aromatic rings. The van der Waals surface area contributed by atoms with E-state index in [1.165, 1.54) is 0 Å². The van der Waals surface area contributed by atoms with Gasteiger partial charge in [-0.3, -0.25) is 0 Å². The molecule has 21 heavy (non-hydrogen) atoms. The van der Waals surface area contributed by atoms with Gasteiger partial charge in [-0.15, -0.1) is 0 Å². The standard InChI is InChI=1S/C15H14Br2ClNO2/c1-20-11-3-4-12(16)9(5-11)8-19-14-7-10(18)6-13(17)15(14)21-2/h3-7,19H,8H2,1-2H3. The SMILES string of the molecule is COc1ccc(Br)c(CNc2cc(Cl)cc(Br)c2OC)c1. The first-order valence-corrected chi connectivity index (χ1v) is 8.11. The van der Waals surface area contributed by atoms with Gasteiger partial charge in [-0.05, 0) is 51.8 Å². The largest absolute Gasteiger partial charge is 0.497 e. The smallest absolute Gasteiger partial charge is 0.156 e. The Bertz CT molecular complexity index is 650. The van der Waals surface area contributed by atoms with E-state index in [0.29, 0.717) is 11.6 Å². The molecule has 0 amide bonds. The average Bonchev–Trinajstić information content (AvgIpc) is 2.46. The molecule has 112 valence electrons. The molecule has 0 spiro atoms. The van der Waals surface area contributed by atoms with Crippen LogP contribution in [0.5, 0.6) is 11.5 Å². The number of nitrogens with one attached hydrogen (secondary N) is 1. The fourth-order valence-electron chi connectivity index (χ4n) is 1.90. The molecule has 0 unspecified atom stereocenters. The summed E-state index contributed by atoms with van der Waals surface area (Å²) in [4.78, 5) is 0. The predicted molar refractivity (Wildman–Crippen MR) is 93.7 cm³/mol. The summed E-state index contributed by atoms with van der Waals surface area (Å²) in [6.45, 7) is 0.612. The van der Waals surface area contributed by atoms with Crippen LogP contribution in [0, 0.1) is 0 Å². The maximum Gasteiger partial charge on any atom is 0.156 e. The van der Waals surface area contributed by atoms with Crippen molar-refractivity contribution < 1.29 is 9.47 Å². The summed E-state index contributed by atoms with van der Waals surface area (Å²) in [7, 11) is 3.28. The Kier molecular flexibility index (Phi) is 5.79. The summed E-state index contributed by atoms with van der Waals surface area (Å²) in [5.74, 6) is 1.53. The fourth-order valence-corrected chi connectivity index (χ4v) is 3.26. The molecule has 0 fully saturated rings. The van der Waals surface area contributed by atoms with Crippen molar-refractivity contribution in [2.24, 2.45) is 0 Å². The van der Waals surface area contributed by atoms with Crippen molar-refractivity contribution in [2.45, 2.75) is 6.54 Å². The van der Waals surface area contributed by atoms with Crippen LogP contribution in [-0.4, -0.2) is 14.2 Å². The highest BCUT2D eigenvalue weighted by molar-refractivity contribution is 9.10. The molecule has 0 atom stereocenters. The van der Waals surface area contributed by atoms with Crippen molar-refractivity contribution in [3.8, 4) is 11.5 Å². The Morgan fingerprint density at radius 3 is 2.48 bits per heavy atom. The lowest BCUT2D eigenvalue weighted by Crippen LogP contribution is -2.03. The van der Waals surface area contributed by atoms with Crippen LogP contribution >= 0.6 is 43.5 Å². The number of methoxy groups -OCH3 is 2. The van der Waals surface area contributed by atoms with Gasteiger partial charge in [0.05, 0.1) is 24.4 Å². The lowest BCUT2D eigenvalue weighted by atomic mass is 10.2. The zero-order valence-electron chi connectivity index (χ0n) is 11.5. The fraction of sp³-hybridized carbons (Fsp3) is 0.200. The molecule has 0 bridgehead atoms. The number of halogens is 3. The molecular formula is C15H14Br2ClNO2. The Labute approximate surface area is 145 Å². The topological polar surface area (TPSA) is 30.5 Å². The van der Waals surface area contributed by atoms with Crippen molar-refractivity contribution in [2.75, 3.05) is 19.5 Å². The third-order valence-electron chi connectivity index (χ3n) is 2.93. The number of hydrogen-bond acceptors (Lipinski definition) is 3. The summed E-state index contributed by atoms with van der Waals surface area (Å²) in [6.07, 6.45) is 0. The van der Waals surface area contributed by atoms with Gasteiger partial charge in [0.2, 0.25) is 0 Å². The van der Waals surface area contributed by atoms with Crippen LogP contribution in [0.4, 0.5) is 5.69 Å². The van der Waals surface area contributed by atoms with Gasteiger partial charge < -0.3 is 14.8 Å². The first-order chi connectivity index (χ1) is 10.0. The zero-order valence-corrected chi connectivity index (χ0v) is 15.5. The van der Waals surface area contributed by atoms with Crippen LogP contribution in [0.15, 0.2) is 39.3 Å². The zero-order chi connectivity index (χ0) is 15.4. The second-order valence-electron chi connectivity index (χ2n) is 4.28. The first kappa shape index (κ1) is 16.5. The summed E-state index contributed by atoms with van der Waals surface area (Å²) in [5, 5.41) is 3.96. The molecule has 3 nitrogen and oxygen atoms in total. The Morgan fingerprint density at radius 1 is 1.05 bits per heavy atom. The van der Waals surface area contributed by atoms with Crippen LogP contribution in [0.2, 0.25) is 5.02 Å². The first-order valence-electron chi connectivity index (χ1n) is 6.14. The van der Waals surface area contributed by atoms with Gasteiger partial charge in [0.25, 0.3) is 0 Å². The van der Waals surface area contributed by atoms with Gasteiger partial charge in [0, 0.05) is 16.0 Å². The number of ether oxygens (including phenoxy) is 2. The highest BCUT2D eigenvalue weighted by atomic mass is 79.9. The van der Waals surface area contributed by atoms with Gasteiger partial charge in [-0.25, -0.2) is 0 Å². The molecule has 1 N–H and O–H groups in total. The molecule has 0 aliphatic carbocycles. The van der Waals surface area contributed by atoms with Crippen LogP contribution in [0.25, 0.3) is 0 Å². The lowest BCUT2D eigenvalue weighted by Gasteiger charge is -2.14. The van der Waals surface area contributed by atoms with Crippen molar-refractivity contribution in [3.63, 3.8) is 0 Å². The van der Waals surface area contributed by atoms with Crippen LogP contribution in [-0.2, 0) is 6.54 Å². The number of anilines is 1. The van der Waals surface area contributed by atoms with Gasteiger partial charge in [-0.1, -0.05) is 27.5 Å². The van der Waals surface area contributed by atoms with E-state index in [-0.39, 0.29) is 0 Å². The molecule has 0 aliphatic heterocycles. The van der Waals surface area contributed by atoms with Gasteiger partial charge in [0.1, 0.15) is 5.75 Å². The normalized spacial score (nSPS) is 10.3. The quantitative estimate of drug-likeness (QED) is 0.673. The molecule has 0 radical (unpaired) electrons. The van der Waals surface area contributed by atoms with Gasteiger partial charge >= 0.3 is 0 Å². The monoisotopic (exact) mass is 433 g/mol. The Morgan fingerprint density at radius 2 is 1.81 bits per heavy atom. The summed E-state index contributed by atoms with van der Waals surface area (Å²) >= 11 is 13.1. The third-order valence-corrected chi connectivity index (χ3v) is 4.52. The minimum absolute atomic E-state index is 0.612. The van der Waals surface area contributed by atoms with E-state index >= 15 is 0 Å². The summed E-state index contributed by atoms with van der Waals surface area (Å²) in [5.41, 5.74) is 1.90. The number of benzene rings is 2. The molecular weight excluding hydrogens is 421 g/mol. The van der Waals surface area contributed by atoms with E-state index in [1.807, 2.05) is 24.3 Å². The number of hydrogen-bond donors (Lipinski definition) is 1. The van der Waals surface area contributed by atoms with E-state index in [9.17, 15) is 0 Å². The molecule has 0 aromatic heterocycles. The maximum absolute atomic E-state index is 6.08. The van der Waals surface area contributed by atoms with Crippen molar-refractivity contribution in [1.29, 1.82) is 0 Å². The molecule has 0 saturated heterocycles. The minimum atomic E-state index is 0.612. The highest BCUT2D eigenvalue weighted by Crippen LogP contribution is 2.36. The maximum atomic E-state index is 6.08. The molecule has 0 aliphatic rings. The summed E-state index contributed by atoms with van der Waals surface area (Å²) in [6, 6.07) is 9.47. The van der Waals surface area contributed by atoms with E-state index in [0.717, 1.165) is 31.7 Å². The minimum Gasteiger partial charge on any atom is -0.497 e. The second-order valence-corrected chi connectivity index (χ2v) is 6.42. The van der Waals surface area contributed by atoms with Crippen molar-refractivity contribution >= 4 is 49.1 Å². The third kappa shape index (κ3) is 4.05. The van der Waals surface area contributed by atoms with Crippen LogP contribution in [0.1, 0.15) is 5.56 Å². The van der Waals surface area contributed by atoms with E-state index in [2.05, 4.69) is 37.2 Å². The molecule has 0 heterocycles. The van der Waals surface area contributed by atoms with E-state index < -0.39 is 0 Å². The van der Waals surface area contributed by atoms with Crippen molar-refractivity contribution in [3.05, 3.63) is 49.9 Å². The summed E-state index contributed by atoms with van der Waals surface area (Å²) < 4.78 is 12.5. The molecule has 6 heteroatoms. The molecule has 2 rings (SSSR count). The molecule has 0 saturated carbocycles. The van der Waals surface area contributed by atoms with Gasteiger partial charge in [-0.2, -0.15) is 0 Å². The highest BCUT2D eigenvalue weighted by Gasteiger charge is 2.10. The average molecular weight is 436 g/mol. The van der Waals surface area contributed by atoms with Crippen LogP contribution < -0.4 is 14.8 Å². The number of rotatable bonds is 5.